The number of piperazine rings is 1. The van der Waals surface area contributed by atoms with Gasteiger partial charge in [-0.2, -0.15) is 9.97 Å². The smallest absolute Gasteiger partial charge is 0.243 e. The van der Waals surface area contributed by atoms with Gasteiger partial charge in [0.1, 0.15) is 0 Å². The number of rotatable bonds is 5. The van der Waals surface area contributed by atoms with Crippen molar-refractivity contribution in [3.63, 3.8) is 0 Å². The average Bonchev–Trinajstić information content (AvgIpc) is 3.16. The molecule has 0 bridgehead atoms. The van der Waals surface area contributed by atoms with Gasteiger partial charge >= 0.3 is 0 Å². The standard InChI is InChI=1S/C15H24N6O2/c1-10(2)14-17-13(22-19-14)9-20-5-7-21(8-6-20)11(3)15-16-12(4)18-23-15/h10-11H,5-9H2,1-4H3/t11-/m1/s1. The van der Waals surface area contributed by atoms with Crippen molar-refractivity contribution in [2.24, 2.45) is 0 Å². The van der Waals surface area contributed by atoms with Crippen molar-refractivity contribution in [2.45, 2.75) is 46.2 Å². The van der Waals surface area contributed by atoms with Crippen LogP contribution in [0.2, 0.25) is 0 Å². The van der Waals surface area contributed by atoms with Crippen LogP contribution in [-0.4, -0.2) is 56.3 Å². The van der Waals surface area contributed by atoms with Gasteiger partial charge in [0.2, 0.25) is 11.8 Å². The molecule has 0 N–H and O–H groups in total. The molecule has 0 aliphatic carbocycles. The highest BCUT2D eigenvalue weighted by Gasteiger charge is 2.26. The summed E-state index contributed by atoms with van der Waals surface area (Å²) >= 11 is 0. The predicted molar refractivity (Wildman–Crippen MR) is 82.7 cm³/mol. The summed E-state index contributed by atoms with van der Waals surface area (Å²) in [5, 5.41) is 7.88. The van der Waals surface area contributed by atoms with Gasteiger partial charge in [0.25, 0.3) is 0 Å². The molecule has 1 atom stereocenters. The molecule has 0 spiro atoms. The van der Waals surface area contributed by atoms with Crippen LogP contribution in [0.3, 0.4) is 0 Å². The number of nitrogens with zero attached hydrogens (tertiary/aromatic N) is 6. The van der Waals surface area contributed by atoms with Gasteiger partial charge in [-0.15, -0.1) is 0 Å². The van der Waals surface area contributed by atoms with Crippen LogP contribution in [0, 0.1) is 6.92 Å². The van der Waals surface area contributed by atoms with Crippen molar-refractivity contribution in [2.75, 3.05) is 26.2 Å². The minimum absolute atomic E-state index is 0.147. The maximum atomic E-state index is 5.33. The maximum absolute atomic E-state index is 5.33. The monoisotopic (exact) mass is 320 g/mol. The van der Waals surface area contributed by atoms with E-state index < -0.39 is 0 Å². The maximum Gasteiger partial charge on any atom is 0.243 e. The van der Waals surface area contributed by atoms with Crippen LogP contribution >= 0.6 is 0 Å². The quantitative estimate of drug-likeness (QED) is 0.824. The molecule has 3 rings (SSSR count). The first-order valence-electron chi connectivity index (χ1n) is 8.12. The van der Waals surface area contributed by atoms with E-state index in [4.69, 9.17) is 9.05 Å². The molecule has 8 nitrogen and oxygen atoms in total. The van der Waals surface area contributed by atoms with Gasteiger partial charge in [0.15, 0.2) is 11.6 Å². The van der Waals surface area contributed by atoms with E-state index in [-0.39, 0.29) is 6.04 Å². The highest BCUT2D eigenvalue weighted by atomic mass is 16.5. The van der Waals surface area contributed by atoms with E-state index in [0.717, 1.165) is 32.0 Å². The highest BCUT2D eigenvalue weighted by Crippen LogP contribution is 2.20. The van der Waals surface area contributed by atoms with Gasteiger partial charge in [0, 0.05) is 32.1 Å². The predicted octanol–water partition coefficient (Wildman–Crippen LogP) is 1.76. The minimum atomic E-state index is 0.147. The summed E-state index contributed by atoms with van der Waals surface area (Å²) < 4.78 is 10.6. The number of aromatic nitrogens is 4. The van der Waals surface area contributed by atoms with E-state index >= 15 is 0 Å². The Balaban J connectivity index is 1.51. The lowest BCUT2D eigenvalue weighted by atomic mass is 10.2. The summed E-state index contributed by atoms with van der Waals surface area (Å²) in [5.74, 6) is 3.14. The summed E-state index contributed by atoms with van der Waals surface area (Å²) in [4.78, 5) is 13.5. The van der Waals surface area contributed by atoms with Gasteiger partial charge in [-0.25, -0.2) is 0 Å². The molecule has 8 heteroatoms. The SMILES string of the molecule is Cc1noc([C@@H](C)N2CCN(Cc3nc(C(C)C)no3)CC2)n1. The fourth-order valence-electron chi connectivity index (χ4n) is 2.71. The molecule has 2 aromatic heterocycles. The summed E-state index contributed by atoms with van der Waals surface area (Å²) in [6, 6.07) is 0.147. The normalized spacial score (nSPS) is 18.7. The number of aryl methyl sites for hydroxylation is 1. The second-order valence-electron chi connectivity index (χ2n) is 6.37. The second kappa shape index (κ2) is 6.76. The third-order valence-electron chi connectivity index (χ3n) is 4.21. The van der Waals surface area contributed by atoms with Crippen molar-refractivity contribution in [1.29, 1.82) is 0 Å². The van der Waals surface area contributed by atoms with E-state index in [1.54, 1.807) is 0 Å². The van der Waals surface area contributed by atoms with Crippen LogP contribution < -0.4 is 0 Å². The van der Waals surface area contributed by atoms with Crippen molar-refractivity contribution in [3.8, 4) is 0 Å². The molecule has 0 amide bonds. The van der Waals surface area contributed by atoms with Crippen LogP contribution in [-0.2, 0) is 6.54 Å². The lowest BCUT2D eigenvalue weighted by Gasteiger charge is -2.36. The van der Waals surface area contributed by atoms with Gasteiger partial charge in [-0.05, 0) is 13.8 Å². The van der Waals surface area contributed by atoms with Crippen LogP contribution in [0.4, 0.5) is 0 Å². The Hall–Kier alpha value is -1.80. The topological polar surface area (TPSA) is 84.3 Å². The van der Waals surface area contributed by atoms with Crippen molar-refractivity contribution in [3.05, 3.63) is 23.4 Å². The van der Waals surface area contributed by atoms with Gasteiger partial charge in [-0.3, -0.25) is 9.80 Å². The Bertz CT molecular complexity index is 629. The molecule has 0 saturated carbocycles. The fraction of sp³-hybridized carbons (Fsp3) is 0.733. The molecule has 1 saturated heterocycles. The first-order chi connectivity index (χ1) is 11.0. The zero-order chi connectivity index (χ0) is 16.4. The molecule has 0 aromatic carbocycles. The number of hydrogen-bond donors (Lipinski definition) is 0. The summed E-state index contributed by atoms with van der Waals surface area (Å²) in [7, 11) is 0. The largest absolute Gasteiger partial charge is 0.338 e. The Labute approximate surface area is 135 Å². The Morgan fingerprint density at radius 3 is 2.30 bits per heavy atom. The Morgan fingerprint density at radius 2 is 1.74 bits per heavy atom. The van der Waals surface area contributed by atoms with E-state index in [2.05, 4.69) is 50.9 Å². The molecule has 3 heterocycles. The molecule has 23 heavy (non-hydrogen) atoms. The minimum Gasteiger partial charge on any atom is -0.338 e. The second-order valence-corrected chi connectivity index (χ2v) is 6.37. The van der Waals surface area contributed by atoms with Gasteiger partial charge < -0.3 is 9.05 Å². The van der Waals surface area contributed by atoms with E-state index in [9.17, 15) is 0 Å². The fourth-order valence-corrected chi connectivity index (χ4v) is 2.71. The van der Waals surface area contributed by atoms with Crippen molar-refractivity contribution >= 4 is 0 Å². The van der Waals surface area contributed by atoms with E-state index in [1.807, 2.05) is 6.92 Å². The Morgan fingerprint density at radius 1 is 1.00 bits per heavy atom. The lowest BCUT2D eigenvalue weighted by Crippen LogP contribution is -2.46. The first kappa shape index (κ1) is 16.1. The molecular weight excluding hydrogens is 296 g/mol. The third kappa shape index (κ3) is 3.76. The summed E-state index contributed by atoms with van der Waals surface area (Å²) in [6.45, 7) is 12.6. The van der Waals surface area contributed by atoms with Crippen LogP contribution in [0.5, 0.6) is 0 Å². The number of hydrogen-bond acceptors (Lipinski definition) is 8. The molecule has 0 radical (unpaired) electrons. The highest BCUT2D eigenvalue weighted by molar-refractivity contribution is 4.94. The lowest BCUT2D eigenvalue weighted by molar-refractivity contribution is 0.0785. The Kier molecular flexibility index (Phi) is 4.72. The molecule has 126 valence electrons. The molecule has 1 aliphatic heterocycles. The first-order valence-corrected chi connectivity index (χ1v) is 8.12. The summed E-state index contributed by atoms with van der Waals surface area (Å²) in [5.41, 5.74) is 0. The van der Waals surface area contributed by atoms with E-state index in [0.29, 0.717) is 30.1 Å². The van der Waals surface area contributed by atoms with Crippen molar-refractivity contribution in [1.82, 2.24) is 30.1 Å². The molecule has 2 aromatic rings. The molecular formula is C15H24N6O2. The van der Waals surface area contributed by atoms with Crippen molar-refractivity contribution < 1.29 is 9.05 Å². The molecule has 1 aliphatic rings. The zero-order valence-corrected chi connectivity index (χ0v) is 14.2. The van der Waals surface area contributed by atoms with Gasteiger partial charge in [-0.1, -0.05) is 24.2 Å². The summed E-state index contributed by atoms with van der Waals surface area (Å²) in [6.07, 6.45) is 0. The van der Waals surface area contributed by atoms with Crippen LogP contribution in [0.1, 0.15) is 56.2 Å². The average molecular weight is 320 g/mol. The third-order valence-corrected chi connectivity index (χ3v) is 4.21. The van der Waals surface area contributed by atoms with Crippen LogP contribution in [0.15, 0.2) is 9.05 Å². The van der Waals surface area contributed by atoms with Crippen LogP contribution in [0.25, 0.3) is 0 Å². The van der Waals surface area contributed by atoms with E-state index in [1.165, 1.54) is 0 Å². The molecule has 1 fully saturated rings. The van der Waals surface area contributed by atoms with Gasteiger partial charge in [0.05, 0.1) is 12.6 Å². The molecule has 0 unspecified atom stereocenters. The zero-order valence-electron chi connectivity index (χ0n) is 14.2.